The molecule has 34 heavy (non-hydrogen) atoms. The number of hydrogen-bond donors (Lipinski definition) is 4. The first-order valence-electron chi connectivity index (χ1n) is 11.2. The summed E-state index contributed by atoms with van der Waals surface area (Å²) in [7, 11) is -0.876. The van der Waals surface area contributed by atoms with Crippen molar-refractivity contribution in [2.45, 2.75) is 56.5 Å². The van der Waals surface area contributed by atoms with Gasteiger partial charge in [-0.05, 0) is 42.7 Å². The Balaban J connectivity index is 2.00. The lowest BCUT2D eigenvalue weighted by molar-refractivity contribution is -0.119. The average Bonchev–Trinajstić information content (AvgIpc) is 2.78. The van der Waals surface area contributed by atoms with Crippen LogP contribution in [-0.4, -0.2) is 49.6 Å². The Morgan fingerprint density at radius 2 is 1.91 bits per heavy atom. The zero-order chi connectivity index (χ0) is 24.9. The number of H-pyrrole nitrogens is 1. The molecule has 0 atom stereocenters. The highest BCUT2D eigenvalue weighted by molar-refractivity contribution is 7.89. The summed E-state index contributed by atoms with van der Waals surface area (Å²) in [5.74, 6) is -0.287. The fourth-order valence-electron chi connectivity index (χ4n) is 3.96. The summed E-state index contributed by atoms with van der Waals surface area (Å²) < 4.78 is 26.6. The maximum absolute atomic E-state index is 12.7. The van der Waals surface area contributed by atoms with Crippen molar-refractivity contribution in [3.63, 3.8) is 0 Å². The molecule has 0 saturated heterocycles. The van der Waals surface area contributed by atoms with Crippen molar-refractivity contribution in [3.8, 4) is 0 Å². The van der Waals surface area contributed by atoms with E-state index in [1.54, 1.807) is 18.3 Å². The van der Waals surface area contributed by atoms with Crippen LogP contribution in [0.1, 0.15) is 50.2 Å². The third-order valence-electron chi connectivity index (χ3n) is 5.76. The Morgan fingerprint density at radius 3 is 2.56 bits per heavy atom. The largest absolute Gasteiger partial charge is 0.383 e. The summed E-state index contributed by atoms with van der Waals surface area (Å²) in [4.78, 5) is 31.2. The topological polar surface area (TPSA) is 150 Å². The number of nitrogens with one attached hydrogen (secondary N) is 3. The molecule has 10 nitrogen and oxygen atoms in total. The number of aliphatic imine (C=N–C) groups is 1. The Bertz CT molecular complexity index is 1230. The van der Waals surface area contributed by atoms with Gasteiger partial charge in [0.05, 0.1) is 16.3 Å². The van der Waals surface area contributed by atoms with E-state index < -0.39 is 10.0 Å². The van der Waals surface area contributed by atoms with Crippen LogP contribution in [0.5, 0.6) is 0 Å². The molecule has 1 aliphatic carbocycles. The first-order chi connectivity index (χ1) is 16.1. The van der Waals surface area contributed by atoms with Crippen molar-refractivity contribution in [1.29, 1.82) is 0 Å². The molecule has 3 rings (SSSR count). The van der Waals surface area contributed by atoms with Crippen molar-refractivity contribution in [3.05, 3.63) is 51.9 Å². The normalized spacial score (nSPS) is 15.4. The van der Waals surface area contributed by atoms with Crippen LogP contribution in [0, 0.1) is 0 Å². The minimum absolute atomic E-state index is 0.00140. The van der Waals surface area contributed by atoms with Gasteiger partial charge in [0.2, 0.25) is 15.9 Å². The van der Waals surface area contributed by atoms with Gasteiger partial charge in [0.1, 0.15) is 11.4 Å². The molecule has 0 unspecified atom stereocenters. The molecule has 0 aliphatic heterocycles. The first-order valence-corrected chi connectivity index (χ1v) is 12.7. The molecule has 1 aromatic carbocycles. The second-order valence-electron chi connectivity index (χ2n) is 8.56. The maximum Gasteiger partial charge on any atom is 0.261 e. The van der Waals surface area contributed by atoms with Gasteiger partial charge in [-0.25, -0.2) is 17.7 Å². The lowest BCUT2D eigenvalue weighted by Gasteiger charge is -2.24. The third kappa shape index (κ3) is 6.03. The summed E-state index contributed by atoms with van der Waals surface area (Å²) in [6, 6.07) is 6.52. The molecule has 0 radical (unpaired) electrons. The highest BCUT2D eigenvalue weighted by Gasteiger charge is 2.22. The van der Waals surface area contributed by atoms with Crippen molar-refractivity contribution in [2.75, 3.05) is 19.4 Å². The minimum atomic E-state index is -3.75. The molecule has 1 amide bonds. The number of nitrogens with two attached hydrogens (primary N) is 1. The number of anilines is 1. The first kappa shape index (κ1) is 25.4. The minimum Gasteiger partial charge on any atom is -0.383 e. The SMILES string of the molecule is CC(=O)NCc1cc(N=C(N)c2c(NC3CCCCC3)cc[nH]c2=O)ccc1S(=O)(=O)N(C)C. The summed E-state index contributed by atoms with van der Waals surface area (Å²) in [5.41, 5.74) is 7.48. The fraction of sp³-hybridized carbons (Fsp3) is 0.435. The number of hydrogen-bond acceptors (Lipinski definition) is 6. The Labute approximate surface area is 199 Å². The number of carbonyl (C=O) groups excluding carboxylic acids is 1. The number of pyridine rings is 1. The zero-order valence-corrected chi connectivity index (χ0v) is 20.5. The van der Waals surface area contributed by atoms with E-state index in [4.69, 9.17) is 5.73 Å². The van der Waals surface area contributed by atoms with Crippen LogP contribution in [0.4, 0.5) is 11.4 Å². The summed E-state index contributed by atoms with van der Waals surface area (Å²) >= 11 is 0. The number of aromatic nitrogens is 1. The molecule has 1 saturated carbocycles. The van der Waals surface area contributed by atoms with E-state index in [0.29, 0.717) is 16.9 Å². The van der Waals surface area contributed by atoms with Crippen molar-refractivity contribution in [1.82, 2.24) is 14.6 Å². The highest BCUT2D eigenvalue weighted by Crippen LogP contribution is 2.26. The quantitative estimate of drug-likeness (QED) is 0.330. The predicted octanol–water partition coefficient (Wildman–Crippen LogP) is 2.04. The number of sulfonamides is 1. The van der Waals surface area contributed by atoms with Gasteiger partial charge < -0.3 is 21.4 Å². The van der Waals surface area contributed by atoms with Gasteiger partial charge in [-0.15, -0.1) is 0 Å². The molecule has 1 aliphatic rings. The van der Waals surface area contributed by atoms with Gasteiger partial charge in [0.15, 0.2) is 0 Å². The third-order valence-corrected chi connectivity index (χ3v) is 7.68. The zero-order valence-electron chi connectivity index (χ0n) is 19.7. The molecular weight excluding hydrogens is 456 g/mol. The van der Waals surface area contributed by atoms with Crippen molar-refractivity contribution < 1.29 is 13.2 Å². The number of amides is 1. The molecule has 2 aromatic rings. The molecule has 0 bridgehead atoms. The molecule has 0 spiro atoms. The van der Waals surface area contributed by atoms with Crippen molar-refractivity contribution in [2.24, 2.45) is 10.7 Å². The number of benzene rings is 1. The summed E-state index contributed by atoms with van der Waals surface area (Å²) in [5, 5.41) is 6.05. The fourth-order valence-corrected chi connectivity index (χ4v) is 5.05. The summed E-state index contributed by atoms with van der Waals surface area (Å²) in [6.07, 6.45) is 7.11. The smallest absolute Gasteiger partial charge is 0.261 e. The predicted molar refractivity (Wildman–Crippen MR) is 133 cm³/mol. The number of rotatable bonds is 8. The molecule has 5 N–H and O–H groups in total. The Kier molecular flexibility index (Phi) is 8.11. The van der Waals surface area contributed by atoms with E-state index in [1.807, 2.05) is 0 Å². The van der Waals surface area contributed by atoms with Gasteiger partial charge in [0, 0.05) is 39.8 Å². The van der Waals surface area contributed by atoms with E-state index >= 15 is 0 Å². The lowest BCUT2D eigenvalue weighted by atomic mass is 9.95. The van der Waals surface area contributed by atoms with Crippen LogP contribution < -0.4 is 21.9 Å². The standard InChI is InChI=1S/C23H32N6O4S/c1-15(30)26-14-16-13-18(9-10-20(16)34(32,33)29(2)3)28-22(24)21-19(11-12-25-23(21)31)27-17-7-5-4-6-8-17/h9-13,17H,4-8,14H2,1-3H3,(H2,24,28)(H,26,30)(H2,25,27,31). The van der Waals surface area contributed by atoms with Gasteiger partial charge in [-0.3, -0.25) is 9.59 Å². The van der Waals surface area contributed by atoms with Crippen LogP contribution >= 0.6 is 0 Å². The average molecular weight is 489 g/mol. The monoisotopic (exact) mass is 488 g/mol. The summed E-state index contributed by atoms with van der Waals surface area (Å²) in [6.45, 7) is 1.35. The lowest BCUT2D eigenvalue weighted by Crippen LogP contribution is -2.29. The number of nitrogens with zero attached hydrogens (tertiary/aromatic N) is 2. The van der Waals surface area contributed by atoms with E-state index in [2.05, 4.69) is 20.6 Å². The number of amidine groups is 1. The molecule has 184 valence electrons. The van der Waals surface area contributed by atoms with Crippen molar-refractivity contribution >= 4 is 33.1 Å². The maximum atomic E-state index is 12.7. The number of carbonyl (C=O) groups is 1. The molecule has 11 heteroatoms. The van der Waals surface area contributed by atoms with E-state index in [9.17, 15) is 18.0 Å². The van der Waals surface area contributed by atoms with Gasteiger partial charge in [-0.2, -0.15) is 0 Å². The van der Waals surface area contributed by atoms with Crippen LogP contribution in [0.3, 0.4) is 0 Å². The molecule has 1 heterocycles. The molecule has 1 aromatic heterocycles. The van der Waals surface area contributed by atoms with Crippen LogP contribution in [0.25, 0.3) is 0 Å². The van der Waals surface area contributed by atoms with Gasteiger partial charge in [0.25, 0.3) is 5.56 Å². The Hall–Kier alpha value is -3.18. The van der Waals surface area contributed by atoms with E-state index in [1.165, 1.54) is 39.6 Å². The second kappa shape index (κ2) is 10.8. The molecular formula is C23H32N6O4S. The highest BCUT2D eigenvalue weighted by atomic mass is 32.2. The van der Waals surface area contributed by atoms with Crippen LogP contribution in [0.15, 0.2) is 45.1 Å². The Morgan fingerprint density at radius 1 is 1.21 bits per heavy atom. The number of aromatic amines is 1. The molecule has 1 fully saturated rings. The van der Waals surface area contributed by atoms with Crippen LogP contribution in [0.2, 0.25) is 0 Å². The van der Waals surface area contributed by atoms with Gasteiger partial charge in [-0.1, -0.05) is 19.3 Å². The van der Waals surface area contributed by atoms with E-state index in [0.717, 1.165) is 30.0 Å². The second-order valence-corrected chi connectivity index (χ2v) is 10.7. The van der Waals surface area contributed by atoms with E-state index in [-0.39, 0.29) is 40.3 Å². The van der Waals surface area contributed by atoms with Gasteiger partial charge >= 0.3 is 0 Å². The van der Waals surface area contributed by atoms with Crippen LogP contribution in [-0.2, 0) is 21.4 Å².